The fraction of sp³-hybridized carbons (Fsp3) is 0.226. The van der Waals surface area contributed by atoms with Crippen molar-refractivity contribution >= 4 is 0 Å². The van der Waals surface area contributed by atoms with Crippen LogP contribution < -0.4 is 0 Å². The van der Waals surface area contributed by atoms with Gasteiger partial charge in [-0.15, -0.1) is 0 Å². The SMILES string of the molecule is Oc1cc(CC[C@@H](Cc2ccc(CCc3cc(O)c(O)c(O)c3)c(O)c2)[C@H](Cc2ccc(CCc3cc(O)c(O)c(O)c3)c(O)c2)c2ccc(CCc3cc(O)c(O)c(O)c3)c(O)c2)ccc1CCc1cc(O)c(O)c(O)c1. The normalized spacial score (nSPS) is 12.2. The Kier molecular flexibility index (Phi) is 16.6. The largest absolute Gasteiger partial charge is 0.508 e. The molecule has 0 saturated heterocycles. The Bertz CT molecular complexity index is 3390. The average molecular weight is 1060 g/mol. The Morgan fingerprint density at radius 3 is 0.821 bits per heavy atom. The Morgan fingerprint density at radius 1 is 0.231 bits per heavy atom. The van der Waals surface area contributed by atoms with E-state index in [0.29, 0.717) is 122 Å². The summed E-state index contributed by atoms with van der Waals surface area (Å²) in [6, 6.07) is 32.3. The summed E-state index contributed by atoms with van der Waals surface area (Å²) in [5.41, 5.74) is 7.63. The summed E-state index contributed by atoms with van der Waals surface area (Å²) >= 11 is 0. The molecule has 8 aromatic carbocycles. The molecule has 16 N–H and O–H groups in total. The van der Waals surface area contributed by atoms with Crippen molar-refractivity contribution in [3.63, 3.8) is 0 Å². The predicted molar refractivity (Wildman–Crippen MR) is 290 cm³/mol. The summed E-state index contributed by atoms with van der Waals surface area (Å²) in [4.78, 5) is 0. The van der Waals surface area contributed by atoms with Crippen LogP contribution in [0.4, 0.5) is 0 Å². The van der Waals surface area contributed by atoms with Crippen molar-refractivity contribution in [2.24, 2.45) is 5.92 Å². The third kappa shape index (κ3) is 13.1. The van der Waals surface area contributed by atoms with Crippen LogP contribution in [-0.2, 0) is 70.6 Å². The number of aromatic hydroxyl groups is 16. The Hall–Kier alpha value is -9.44. The van der Waals surface area contributed by atoms with Crippen molar-refractivity contribution < 1.29 is 81.7 Å². The van der Waals surface area contributed by atoms with Gasteiger partial charge in [0.1, 0.15) is 23.0 Å². The van der Waals surface area contributed by atoms with Crippen LogP contribution in [0.1, 0.15) is 79.1 Å². The molecule has 0 saturated carbocycles. The van der Waals surface area contributed by atoms with Gasteiger partial charge in [0.15, 0.2) is 69.0 Å². The summed E-state index contributed by atoms with van der Waals surface area (Å²) in [6.07, 6.45) is 4.35. The minimum absolute atomic E-state index is 0.00680. The lowest BCUT2D eigenvalue weighted by molar-refractivity contribution is 0.367. The highest BCUT2D eigenvalue weighted by atomic mass is 16.3. The first-order valence-electron chi connectivity index (χ1n) is 25.4. The van der Waals surface area contributed by atoms with Crippen molar-refractivity contribution in [1.82, 2.24) is 0 Å². The van der Waals surface area contributed by atoms with E-state index in [-0.39, 0.29) is 34.8 Å². The van der Waals surface area contributed by atoms with Gasteiger partial charge in [0, 0.05) is 0 Å². The number of phenols is 16. The maximum absolute atomic E-state index is 11.7. The van der Waals surface area contributed by atoms with Crippen LogP contribution in [0, 0.1) is 5.92 Å². The third-order valence-corrected chi connectivity index (χ3v) is 14.6. The lowest BCUT2D eigenvalue weighted by Gasteiger charge is -2.29. The zero-order valence-electron chi connectivity index (χ0n) is 42.3. The molecule has 0 radical (unpaired) electrons. The molecule has 0 amide bonds. The second-order valence-corrected chi connectivity index (χ2v) is 20.0. The number of hydrogen-bond acceptors (Lipinski definition) is 16. The summed E-state index contributed by atoms with van der Waals surface area (Å²) < 4.78 is 0. The van der Waals surface area contributed by atoms with Gasteiger partial charge < -0.3 is 81.7 Å². The van der Waals surface area contributed by atoms with Gasteiger partial charge in [-0.05, 0) is 228 Å². The first-order chi connectivity index (χ1) is 37.2. The number of aryl methyl sites for hydroxylation is 9. The molecular formula is C62H62O16. The monoisotopic (exact) mass is 1060 g/mol. The van der Waals surface area contributed by atoms with E-state index in [1.165, 1.54) is 48.5 Å². The van der Waals surface area contributed by atoms with Crippen LogP contribution in [0.3, 0.4) is 0 Å². The zero-order valence-corrected chi connectivity index (χ0v) is 42.3. The van der Waals surface area contributed by atoms with E-state index in [1.807, 2.05) is 30.3 Å². The molecular weight excluding hydrogens is 1000 g/mol. The molecule has 0 spiro atoms. The lowest BCUT2D eigenvalue weighted by atomic mass is 9.75. The summed E-state index contributed by atoms with van der Waals surface area (Å²) in [5.74, 6) is -6.81. The van der Waals surface area contributed by atoms with Crippen LogP contribution in [0.25, 0.3) is 0 Å². The van der Waals surface area contributed by atoms with E-state index in [4.69, 9.17) is 0 Å². The molecule has 16 heteroatoms. The van der Waals surface area contributed by atoms with E-state index in [2.05, 4.69) is 0 Å². The predicted octanol–water partition coefficient (Wildman–Crippen LogP) is 9.93. The summed E-state index contributed by atoms with van der Waals surface area (Å²) in [5, 5.41) is 166. The first kappa shape index (κ1) is 54.8. The van der Waals surface area contributed by atoms with Crippen LogP contribution in [0.15, 0.2) is 121 Å². The number of rotatable bonds is 21. The van der Waals surface area contributed by atoms with E-state index in [0.717, 1.165) is 22.3 Å². The van der Waals surface area contributed by atoms with Crippen molar-refractivity contribution in [2.75, 3.05) is 0 Å². The minimum Gasteiger partial charge on any atom is -0.508 e. The molecule has 16 nitrogen and oxygen atoms in total. The van der Waals surface area contributed by atoms with E-state index in [9.17, 15) is 81.7 Å². The average Bonchev–Trinajstić information content (AvgIpc) is 3.41. The molecule has 406 valence electrons. The molecule has 0 aromatic heterocycles. The molecule has 0 bridgehead atoms. The van der Waals surface area contributed by atoms with Crippen LogP contribution in [-0.4, -0.2) is 81.7 Å². The van der Waals surface area contributed by atoms with Crippen molar-refractivity contribution in [1.29, 1.82) is 0 Å². The number of benzene rings is 8. The molecule has 0 fully saturated rings. The van der Waals surface area contributed by atoms with Gasteiger partial charge >= 0.3 is 0 Å². The zero-order chi connectivity index (χ0) is 55.9. The molecule has 0 aliphatic carbocycles. The summed E-state index contributed by atoms with van der Waals surface area (Å²) in [7, 11) is 0. The molecule has 0 unspecified atom stereocenters. The smallest absolute Gasteiger partial charge is 0.200 e. The summed E-state index contributed by atoms with van der Waals surface area (Å²) in [6.45, 7) is 0. The maximum Gasteiger partial charge on any atom is 0.200 e. The molecule has 2 atom stereocenters. The molecule has 78 heavy (non-hydrogen) atoms. The topological polar surface area (TPSA) is 324 Å². The number of hydrogen-bond donors (Lipinski definition) is 16. The van der Waals surface area contributed by atoms with Crippen LogP contribution in [0.2, 0.25) is 0 Å². The maximum atomic E-state index is 11.7. The van der Waals surface area contributed by atoms with Crippen molar-refractivity contribution in [3.8, 4) is 92.0 Å². The van der Waals surface area contributed by atoms with Crippen molar-refractivity contribution in [2.45, 2.75) is 83.0 Å². The standard InChI is InChI=1S/C62H62O16/c63-47-21-33(1-9-40(47)12-5-36-24-51(67)59(75)52(68)25-36)2-16-44(19-34-3-10-41(48(64)22-34)13-6-37-26-53(69)60(76)54(70)27-37)46(45-18-17-43(50(66)32-45)15-8-39-30-57(73)62(78)58(74)31-39)20-35-4-11-42(49(65)23-35)14-7-38-28-55(71)61(77)56(72)29-38/h1,3-4,9-11,17-18,21-32,44,46,63-78H,2,5-8,12-16,19-20H2/t44-,46-/m0/s1. The Morgan fingerprint density at radius 2 is 0.500 bits per heavy atom. The van der Waals surface area contributed by atoms with Gasteiger partial charge in [-0.1, -0.05) is 48.5 Å². The second kappa shape index (κ2) is 23.6. The van der Waals surface area contributed by atoms with E-state index >= 15 is 0 Å². The van der Waals surface area contributed by atoms with Crippen molar-refractivity contribution in [3.05, 3.63) is 188 Å². The minimum atomic E-state index is -0.632. The highest BCUT2D eigenvalue weighted by Gasteiger charge is 2.27. The van der Waals surface area contributed by atoms with E-state index < -0.39 is 69.0 Å². The Balaban J connectivity index is 1.11. The molecule has 8 aromatic rings. The molecule has 0 aliphatic rings. The van der Waals surface area contributed by atoms with Gasteiger partial charge in [-0.3, -0.25) is 0 Å². The fourth-order valence-electron chi connectivity index (χ4n) is 10.1. The highest BCUT2D eigenvalue weighted by molar-refractivity contribution is 5.55. The van der Waals surface area contributed by atoms with Gasteiger partial charge in [0.05, 0.1) is 0 Å². The fourth-order valence-corrected chi connectivity index (χ4v) is 10.1. The van der Waals surface area contributed by atoms with Gasteiger partial charge in [0.2, 0.25) is 0 Å². The Labute approximate surface area is 449 Å². The quantitative estimate of drug-likeness (QED) is 0.0298. The van der Waals surface area contributed by atoms with E-state index in [1.54, 1.807) is 42.5 Å². The van der Waals surface area contributed by atoms with Crippen LogP contribution in [0.5, 0.6) is 92.0 Å². The number of phenolic OH excluding ortho intramolecular Hbond substituents is 16. The lowest BCUT2D eigenvalue weighted by Crippen LogP contribution is -2.20. The first-order valence-corrected chi connectivity index (χ1v) is 25.4. The van der Waals surface area contributed by atoms with Gasteiger partial charge in [-0.25, -0.2) is 0 Å². The third-order valence-electron chi connectivity index (χ3n) is 14.6. The second-order valence-electron chi connectivity index (χ2n) is 20.0. The molecule has 8 rings (SSSR count). The van der Waals surface area contributed by atoms with Crippen LogP contribution >= 0.6 is 0 Å². The molecule has 0 aliphatic heterocycles. The van der Waals surface area contributed by atoms with Gasteiger partial charge in [-0.2, -0.15) is 0 Å². The highest BCUT2D eigenvalue weighted by Crippen LogP contribution is 2.42. The molecule has 0 heterocycles. The van der Waals surface area contributed by atoms with Gasteiger partial charge in [0.25, 0.3) is 0 Å².